The molecule has 0 aromatic rings. The first-order chi connectivity index (χ1) is 7.62. The Kier molecular flexibility index (Phi) is 12.8. The van der Waals surface area contributed by atoms with Crippen LogP contribution in [0.1, 0.15) is 48.0 Å². The van der Waals surface area contributed by atoms with Crippen LogP contribution >= 0.6 is 17.0 Å². The Bertz CT molecular complexity index is 203. The van der Waals surface area contributed by atoms with E-state index >= 15 is 0 Å². The van der Waals surface area contributed by atoms with Crippen molar-refractivity contribution in [3.63, 3.8) is 0 Å². The molecule has 0 spiro atoms. The zero-order chi connectivity index (χ0) is 13.9. The monoisotopic (exact) mass is 353 g/mol. The van der Waals surface area contributed by atoms with Crippen LogP contribution in [0, 0.1) is 6.08 Å². The topological polar surface area (TPSA) is 14.1 Å². The van der Waals surface area contributed by atoms with Crippen molar-refractivity contribution >= 4 is 17.0 Å². The van der Waals surface area contributed by atoms with Gasteiger partial charge in [0.1, 0.15) is 0 Å². The molecular weight excluding hydrogens is 332 g/mol. The normalized spacial score (nSPS) is 13.2. The van der Waals surface area contributed by atoms with E-state index in [0.29, 0.717) is 0 Å². The van der Waals surface area contributed by atoms with Gasteiger partial charge in [0.05, 0.1) is 0 Å². The van der Waals surface area contributed by atoms with Crippen molar-refractivity contribution in [1.82, 2.24) is 0 Å². The Morgan fingerprint density at radius 3 is 1.53 bits per heavy atom. The van der Waals surface area contributed by atoms with Crippen LogP contribution in [0.4, 0.5) is 0 Å². The number of nitrogens with zero attached hydrogens (tertiary/aromatic N) is 1. The number of hydrogen-bond acceptors (Lipinski definition) is 0. The van der Waals surface area contributed by atoms with Crippen LogP contribution in [-0.2, 0) is 20.8 Å². The van der Waals surface area contributed by atoms with Crippen molar-refractivity contribution in [2.75, 3.05) is 0 Å². The van der Waals surface area contributed by atoms with Gasteiger partial charge in [-0.2, -0.15) is 6.08 Å². The Balaban J connectivity index is 0. The van der Waals surface area contributed by atoms with Crippen LogP contribution in [0.5, 0.6) is 0 Å². The maximum absolute atomic E-state index is 4.93. The molecule has 98 valence electrons. The molecule has 0 aliphatic heterocycles. The van der Waals surface area contributed by atoms with Crippen molar-refractivity contribution in [2.45, 2.75) is 59.0 Å². The molecule has 1 aliphatic carbocycles. The van der Waals surface area contributed by atoms with Gasteiger partial charge in [-0.05, 0) is 0 Å². The second kappa shape index (κ2) is 10.8. The minimum atomic E-state index is -0.826. The van der Waals surface area contributed by atoms with Crippen molar-refractivity contribution in [3.05, 3.63) is 29.6 Å². The van der Waals surface area contributed by atoms with Gasteiger partial charge in [0.15, 0.2) is 0 Å². The quantitative estimate of drug-likeness (QED) is 0.499. The molecule has 0 saturated heterocycles. The molecular formula is C13H23Cl2NZr. The van der Waals surface area contributed by atoms with Gasteiger partial charge in [-0.3, -0.25) is 6.08 Å². The third kappa shape index (κ3) is 26.5. The molecule has 0 aromatic carbocycles. The van der Waals surface area contributed by atoms with E-state index in [9.17, 15) is 0 Å². The molecule has 0 radical (unpaired) electrons. The van der Waals surface area contributed by atoms with E-state index in [0.717, 1.165) is 6.42 Å². The Hall–Kier alpha value is 0.903. The zero-order valence-electron chi connectivity index (χ0n) is 11.6. The minimum absolute atomic E-state index is 0.109. The number of halogens is 2. The molecule has 0 atom stereocenters. The summed E-state index contributed by atoms with van der Waals surface area (Å²) in [4.78, 5) is 0. The van der Waals surface area contributed by atoms with Crippen LogP contribution in [0.25, 0.3) is 5.32 Å². The molecule has 0 amide bonds. The van der Waals surface area contributed by atoms with E-state index in [-0.39, 0.29) is 11.1 Å². The van der Waals surface area contributed by atoms with E-state index in [2.05, 4.69) is 59.0 Å². The van der Waals surface area contributed by atoms with Crippen LogP contribution < -0.4 is 0 Å². The average molecular weight is 355 g/mol. The molecule has 0 fully saturated rings. The number of rotatable bonds is 0. The van der Waals surface area contributed by atoms with E-state index in [1.807, 2.05) is 12.2 Å². The first kappa shape index (κ1) is 20.2. The molecule has 1 nitrogen and oxygen atoms in total. The van der Waals surface area contributed by atoms with Gasteiger partial charge in [-0.25, -0.2) is 12.2 Å². The molecule has 0 aromatic heterocycles. The standard InChI is InChI=1S/C8H18N.C5H5.2ClH.Zr/c1-7(2,3)9-8(4,5)6;1-2-4-5-3-1;;;/h1-6H3;1-3H,4H2;2*1H;/q2*-1;;;+4/p-2. The predicted molar refractivity (Wildman–Crippen MR) is 76.1 cm³/mol. The average Bonchev–Trinajstić information content (AvgIpc) is 2.52. The summed E-state index contributed by atoms with van der Waals surface area (Å²) in [6, 6.07) is 0. The molecule has 1 rings (SSSR count). The SMILES string of the molecule is CC(C)(C)[N-]C(C)(C)C.[C-]1=CC=CC1.[Cl][Zr+2][Cl]. The second-order valence-corrected chi connectivity index (χ2v) is 9.26. The van der Waals surface area contributed by atoms with Crippen molar-refractivity contribution < 1.29 is 20.8 Å². The van der Waals surface area contributed by atoms with Gasteiger partial charge >= 0.3 is 37.9 Å². The van der Waals surface area contributed by atoms with E-state index in [1.54, 1.807) is 0 Å². The van der Waals surface area contributed by atoms with Crippen LogP contribution in [0.2, 0.25) is 0 Å². The van der Waals surface area contributed by atoms with Crippen molar-refractivity contribution in [3.8, 4) is 0 Å². The Morgan fingerprint density at radius 2 is 1.47 bits per heavy atom. The molecule has 0 N–H and O–H groups in total. The third-order valence-electron chi connectivity index (χ3n) is 1.26. The molecule has 17 heavy (non-hydrogen) atoms. The summed E-state index contributed by atoms with van der Waals surface area (Å²) in [5, 5.41) is 4.54. The molecule has 0 bridgehead atoms. The summed E-state index contributed by atoms with van der Waals surface area (Å²) in [7, 11) is 9.87. The van der Waals surface area contributed by atoms with Gasteiger partial charge in [0.2, 0.25) is 0 Å². The maximum atomic E-state index is 4.93. The first-order valence-electron chi connectivity index (χ1n) is 5.54. The fourth-order valence-electron chi connectivity index (χ4n) is 1.35. The fourth-order valence-corrected chi connectivity index (χ4v) is 1.35. The first-order valence-corrected chi connectivity index (χ1v) is 11.9. The van der Waals surface area contributed by atoms with Crippen LogP contribution in [0.3, 0.4) is 0 Å². The summed E-state index contributed by atoms with van der Waals surface area (Å²) < 4.78 is 0. The fraction of sp³-hybridized carbons (Fsp3) is 0.692. The van der Waals surface area contributed by atoms with Crippen LogP contribution in [-0.4, -0.2) is 11.1 Å². The summed E-state index contributed by atoms with van der Waals surface area (Å²) in [6.45, 7) is 12.7. The molecule has 1 aliphatic rings. The summed E-state index contributed by atoms with van der Waals surface area (Å²) in [5.74, 6) is 0. The van der Waals surface area contributed by atoms with Gasteiger partial charge in [0.25, 0.3) is 0 Å². The van der Waals surface area contributed by atoms with Crippen LogP contribution in [0.15, 0.2) is 18.2 Å². The number of hydrogen-bond donors (Lipinski definition) is 0. The number of allylic oxidation sites excluding steroid dienone is 4. The van der Waals surface area contributed by atoms with Crippen molar-refractivity contribution in [1.29, 1.82) is 0 Å². The van der Waals surface area contributed by atoms with Gasteiger partial charge in [-0.15, -0.1) is 17.5 Å². The van der Waals surface area contributed by atoms with Gasteiger partial charge < -0.3 is 5.32 Å². The third-order valence-corrected chi connectivity index (χ3v) is 1.26. The van der Waals surface area contributed by atoms with E-state index in [1.165, 1.54) is 0 Å². The summed E-state index contributed by atoms with van der Waals surface area (Å²) in [6.07, 6.45) is 10.0. The van der Waals surface area contributed by atoms with Crippen molar-refractivity contribution in [2.24, 2.45) is 0 Å². The summed E-state index contributed by atoms with van der Waals surface area (Å²) >= 11 is -0.826. The molecule has 4 heteroatoms. The summed E-state index contributed by atoms with van der Waals surface area (Å²) in [5.41, 5.74) is 0.219. The van der Waals surface area contributed by atoms with Gasteiger partial charge in [-0.1, -0.05) is 41.5 Å². The molecule has 0 saturated carbocycles. The molecule has 0 heterocycles. The Morgan fingerprint density at radius 1 is 1.06 bits per heavy atom. The Labute approximate surface area is 126 Å². The van der Waals surface area contributed by atoms with Gasteiger partial charge in [0, 0.05) is 0 Å². The van der Waals surface area contributed by atoms with E-state index < -0.39 is 20.8 Å². The zero-order valence-corrected chi connectivity index (χ0v) is 15.6. The predicted octanol–water partition coefficient (Wildman–Crippen LogP) is 5.64. The molecule has 0 unspecified atom stereocenters. The second-order valence-electron chi connectivity index (χ2n) is 5.53. The van der Waals surface area contributed by atoms with E-state index in [4.69, 9.17) is 17.0 Å².